The quantitative estimate of drug-likeness (QED) is 0.641. The second kappa shape index (κ2) is 4.65. The number of nitrogens with zero attached hydrogens (tertiary/aromatic N) is 2. The number of hydrogen-bond donors (Lipinski definition) is 0. The maximum absolute atomic E-state index is 11.8. The molecule has 0 aromatic carbocycles. The van der Waals surface area contributed by atoms with Crippen LogP contribution in [-0.4, -0.2) is 22.0 Å². The average Bonchev–Trinajstić information content (AvgIpc) is 2.67. The third-order valence-electron chi connectivity index (χ3n) is 2.20. The molecule has 0 amide bonds. The number of alkyl halides is 1. The number of carbonyl (C=O) groups is 1. The molecular weight excluding hydrogens is 272 g/mol. The third-order valence-corrected chi connectivity index (χ3v) is 2.73. The van der Waals surface area contributed by atoms with Gasteiger partial charge < -0.3 is 4.74 Å². The van der Waals surface area contributed by atoms with Crippen LogP contribution in [0.25, 0.3) is 5.65 Å². The van der Waals surface area contributed by atoms with E-state index in [1.807, 2.05) is 18.2 Å². The zero-order chi connectivity index (χ0) is 11.5. The molecule has 2 aromatic rings. The van der Waals surface area contributed by atoms with E-state index in [-0.39, 0.29) is 5.97 Å². The van der Waals surface area contributed by atoms with Crippen LogP contribution in [0.2, 0.25) is 0 Å². The summed E-state index contributed by atoms with van der Waals surface area (Å²) in [7, 11) is 0. The number of carbonyl (C=O) groups excluding carboxylic acids is 1. The minimum absolute atomic E-state index is 0.337. The molecule has 2 rings (SSSR count). The summed E-state index contributed by atoms with van der Waals surface area (Å²) in [5.41, 5.74) is 1.94. The predicted molar refractivity (Wildman–Crippen MR) is 63.8 cm³/mol. The Morgan fingerprint density at radius 2 is 2.38 bits per heavy atom. The maximum atomic E-state index is 11.8. The summed E-state index contributed by atoms with van der Waals surface area (Å²) >= 11 is 3.32. The van der Waals surface area contributed by atoms with Gasteiger partial charge in [-0.25, -0.2) is 9.78 Å². The van der Waals surface area contributed by atoms with E-state index in [9.17, 15) is 4.79 Å². The SMILES string of the molecule is CCOC(=O)c1c(CBr)nc2ccccn12. The number of halogens is 1. The van der Waals surface area contributed by atoms with Crippen molar-refractivity contribution in [2.75, 3.05) is 6.61 Å². The van der Waals surface area contributed by atoms with Crippen molar-refractivity contribution in [3.63, 3.8) is 0 Å². The molecule has 2 aromatic heterocycles. The summed E-state index contributed by atoms with van der Waals surface area (Å²) in [5.74, 6) is -0.337. The predicted octanol–water partition coefficient (Wildman–Crippen LogP) is 2.41. The molecule has 2 heterocycles. The lowest BCUT2D eigenvalue weighted by atomic mass is 10.3. The second-order valence-corrected chi connectivity index (χ2v) is 3.75. The van der Waals surface area contributed by atoms with Crippen LogP contribution in [0.15, 0.2) is 24.4 Å². The highest BCUT2D eigenvalue weighted by Crippen LogP contribution is 2.16. The van der Waals surface area contributed by atoms with Crippen LogP contribution in [0.4, 0.5) is 0 Å². The molecule has 0 spiro atoms. The highest BCUT2D eigenvalue weighted by atomic mass is 79.9. The number of pyridine rings is 1. The van der Waals surface area contributed by atoms with Crippen molar-refractivity contribution >= 4 is 27.5 Å². The van der Waals surface area contributed by atoms with Crippen molar-refractivity contribution < 1.29 is 9.53 Å². The molecule has 0 atom stereocenters. The molecule has 0 aliphatic heterocycles. The number of esters is 1. The topological polar surface area (TPSA) is 43.6 Å². The summed E-state index contributed by atoms with van der Waals surface area (Å²) in [4.78, 5) is 16.1. The Labute approximate surface area is 101 Å². The van der Waals surface area contributed by atoms with Crippen molar-refractivity contribution in [1.29, 1.82) is 0 Å². The van der Waals surface area contributed by atoms with Gasteiger partial charge in [0, 0.05) is 11.5 Å². The van der Waals surface area contributed by atoms with Gasteiger partial charge in [-0.05, 0) is 19.1 Å². The van der Waals surface area contributed by atoms with Crippen LogP contribution in [0, 0.1) is 0 Å². The van der Waals surface area contributed by atoms with Gasteiger partial charge in [0.2, 0.25) is 0 Å². The first-order chi connectivity index (χ1) is 7.77. The van der Waals surface area contributed by atoms with Crippen molar-refractivity contribution in [2.45, 2.75) is 12.3 Å². The Kier molecular flexibility index (Phi) is 3.24. The van der Waals surface area contributed by atoms with Crippen LogP contribution < -0.4 is 0 Å². The molecule has 16 heavy (non-hydrogen) atoms. The van der Waals surface area contributed by atoms with Gasteiger partial charge in [-0.2, -0.15) is 0 Å². The largest absolute Gasteiger partial charge is 0.461 e. The normalized spacial score (nSPS) is 10.6. The maximum Gasteiger partial charge on any atom is 0.357 e. The fraction of sp³-hybridized carbons (Fsp3) is 0.273. The van der Waals surface area contributed by atoms with E-state index < -0.39 is 0 Å². The molecule has 0 bridgehead atoms. The molecule has 0 fully saturated rings. The summed E-state index contributed by atoms with van der Waals surface area (Å²) in [6.07, 6.45) is 1.81. The Balaban J connectivity index is 2.60. The standard InChI is InChI=1S/C11H11BrN2O2/c1-2-16-11(15)10-8(7-12)13-9-5-3-4-6-14(9)10/h3-6H,2,7H2,1H3. The molecule has 84 valence electrons. The summed E-state index contributed by atoms with van der Waals surface area (Å²) in [6, 6.07) is 5.60. The molecule has 0 saturated heterocycles. The van der Waals surface area contributed by atoms with Gasteiger partial charge in [0.05, 0.1) is 12.3 Å². The Morgan fingerprint density at radius 1 is 1.56 bits per heavy atom. The molecule has 0 unspecified atom stereocenters. The summed E-state index contributed by atoms with van der Waals surface area (Å²) < 4.78 is 6.76. The van der Waals surface area contributed by atoms with E-state index in [1.54, 1.807) is 17.5 Å². The molecule has 0 saturated carbocycles. The van der Waals surface area contributed by atoms with E-state index >= 15 is 0 Å². The van der Waals surface area contributed by atoms with Gasteiger partial charge in [0.25, 0.3) is 0 Å². The van der Waals surface area contributed by atoms with Gasteiger partial charge in [-0.15, -0.1) is 0 Å². The first-order valence-electron chi connectivity index (χ1n) is 4.97. The van der Waals surface area contributed by atoms with Gasteiger partial charge in [0.15, 0.2) is 5.69 Å². The molecule has 0 aliphatic carbocycles. The first kappa shape index (κ1) is 11.1. The van der Waals surface area contributed by atoms with Crippen LogP contribution >= 0.6 is 15.9 Å². The molecule has 0 N–H and O–H groups in total. The molecule has 4 nitrogen and oxygen atoms in total. The lowest BCUT2D eigenvalue weighted by Gasteiger charge is -2.02. The molecule has 5 heteroatoms. The van der Waals surface area contributed by atoms with Crippen LogP contribution in [0.3, 0.4) is 0 Å². The molecule has 0 radical (unpaired) electrons. The number of rotatable bonds is 3. The second-order valence-electron chi connectivity index (χ2n) is 3.19. The lowest BCUT2D eigenvalue weighted by Crippen LogP contribution is -2.10. The Bertz CT molecular complexity index is 522. The number of hydrogen-bond acceptors (Lipinski definition) is 3. The highest BCUT2D eigenvalue weighted by molar-refractivity contribution is 9.08. The van der Waals surface area contributed by atoms with E-state index in [1.165, 1.54) is 0 Å². The van der Waals surface area contributed by atoms with E-state index in [2.05, 4.69) is 20.9 Å². The zero-order valence-corrected chi connectivity index (χ0v) is 10.4. The number of imidazole rings is 1. The molecule has 0 aliphatic rings. The van der Waals surface area contributed by atoms with Gasteiger partial charge in [0.1, 0.15) is 5.65 Å². The fourth-order valence-corrected chi connectivity index (χ4v) is 1.94. The van der Waals surface area contributed by atoms with Gasteiger partial charge in [-0.3, -0.25) is 4.40 Å². The highest BCUT2D eigenvalue weighted by Gasteiger charge is 2.18. The molecular formula is C11H11BrN2O2. The van der Waals surface area contributed by atoms with Crippen molar-refractivity contribution in [3.8, 4) is 0 Å². The number of aromatic nitrogens is 2. The van der Waals surface area contributed by atoms with Crippen LogP contribution in [0.1, 0.15) is 23.1 Å². The average molecular weight is 283 g/mol. The van der Waals surface area contributed by atoms with Gasteiger partial charge >= 0.3 is 5.97 Å². The van der Waals surface area contributed by atoms with Crippen molar-refractivity contribution in [1.82, 2.24) is 9.38 Å². The Morgan fingerprint density at radius 3 is 3.06 bits per heavy atom. The third kappa shape index (κ3) is 1.82. The smallest absolute Gasteiger partial charge is 0.357 e. The van der Waals surface area contributed by atoms with E-state index in [4.69, 9.17) is 4.74 Å². The van der Waals surface area contributed by atoms with Crippen molar-refractivity contribution in [3.05, 3.63) is 35.8 Å². The van der Waals surface area contributed by atoms with Crippen LogP contribution in [0.5, 0.6) is 0 Å². The van der Waals surface area contributed by atoms with Gasteiger partial charge in [-0.1, -0.05) is 22.0 Å². The van der Waals surface area contributed by atoms with Crippen LogP contribution in [-0.2, 0) is 10.1 Å². The number of fused-ring (bicyclic) bond motifs is 1. The fourth-order valence-electron chi connectivity index (χ4n) is 1.55. The van der Waals surface area contributed by atoms with Crippen molar-refractivity contribution in [2.24, 2.45) is 0 Å². The minimum Gasteiger partial charge on any atom is -0.461 e. The summed E-state index contributed by atoms with van der Waals surface area (Å²) in [5, 5.41) is 0.531. The monoisotopic (exact) mass is 282 g/mol. The van der Waals surface area contributed by atoms with E-state index in [0.717, 1.165) is 5.65 Å². The minimum atomic E-state index is -0.337. The lowest BCUT2D eigenvalue weighted by molar-refractivity contribution is 0.0517. The Hall–Kier alpha value is -1.36. The zero-order valence-electron chi connectivity index (χ0n) is 8.81. The van der Waals surface area contributed by atoms with E-state index in [0.29, 0.717) is 23.3 Å². The summed E-state index contributed by atoms with van der Waals surface area (Å²) in [6.45, 7) is 2.15. The number of ether oxygens (including phenoxy) is 1. The first-order valence-corrected chi connectivity index (χ1v) is 6.09.